The van der Waals surface area contributed by atoms with Crippen LogP contribution in [0.4, 0.5) is 0 Å². The lowest BCUT2D eigenvalue weighted by molar-refractivity contribution is 0.0772. The average Bonchev–Trinajstić information content (AvgIpc) is 2.66. The molecule has 3 nitrogen and oxygen atoms in total. The third-order valence-electron chi connectivity index (χ3n) is 2.95. The standard InChI is InChI=1S/C15H17NO2/c1-10(17)12-9-16(14(18)15(2,3)4)13-8-6-5-7-11(12)13/h5-9H,1-4H3. The maximum Gasteiger partial charge on any atom is 0.236 e. The third-order valence-corrected chi connectivity index (χ3v) is 2.95. The van der Waals surface area contributed by atoms with E-state index in [-0.39, 0.29) is 11.7 Å². The minimum Gasteiger partial charge on any atom is -0.294 e. The van der Waals surface area contributed by atoms with Crippen LogP contribution in [0.3, 0.4) is 0 Å². The normalized spacial score (nSPS) is 11.8. The van der Waals surface area contributed by atoms with E-state index in [9.17, 15) is 9.59 Å². The molecule has 1 aromatic carbocycles. The Bertz CT molecular complexity index is 629. The number of benzene rings is 1. The molecule has 0 fully saturated rings. The molecule has 0 unspecified atom stereocenters. The lowest BCUT2D eigenvalue weighted by Crippen LogP contribution is -2.26. The van der Waals surface area contributed by atoms with E-state index in [1.54, 1.807) is 10.8 Å². The highest BCUT2D eigenvalue weighted by molar-refractivity contribution is 6.09. The topological polar surface area (TPSA) is 39.1 Å². The van der Waals surface area contributed by atoms with E-state index in [4.69, 9.17) is 0 Å². The summed E-state index contributed by atoms with van der Waals surface area (Å²) in [4.78, 5) is 24.0. The molecule has 94 valence electrons. The smallest absolute Gasteiger partial charge is 0.236 e. The van der Waals surface area contributed by atoms with Crippen LogP contribution in [-0.2, 0) is 0 Å². The molecule has 0 saturated heterocycles. The Hall–Kier alpha value is -1.90. The summed E-state index contributed by atoms with van der Waals surface area (Å²) < 4.78 is 1.59. The van der Waals surface area contributed by atoms with E-state index < -0.39 is 5.41 Å². The van der Waals surface area contributed by atoms with Crippen molar-refractivity contribution >= 4 is 22.6 Å². The highest BCUT2D eigenvalue weighted by atomic mass is 16.2. The molecule has 18 heavy (non-hydrogen) atoms. The lowest BCUT2D eigenvalue weighted by atomic mass is 9.95. The minimum absolute atomic E-state index is 0.00815. The van der Waals surface area contributed by atoms with Gasteiger partial charge in [0.05, 0.1) is 5.52 Å². The number of rotatable bonds is 1. The molecule has 0 saturated carbocycles. The van der Waals surface area contributed by atoms with Crippen LogP contribution in [0.1, 0.15) is 42.8 Å². The Morgan fingerprint density at radius 2 is 1.72 bits per heavy atom. The van der Waals surface area contributed by atoms with Gasteiger partial charge in [0.15, 0.2) is 5.78 Å². The molecule has 0 N–H and O–H groups in total. The number of hydrogen-bond acceptors (Lipinski definition) is 2. The number of aromatic nitrogens is 1. The van der Waals surface area contributed by atoms with Crippen LogP contribution in [0.5, 0.6) is 0 Å². The van der Waals surface area contributed by atoms with Crippen molar-refractivity contribution in [2.24, 2.45) is 5.41 Å². The zero-order valence-corrected chi connectivity index (χ0v) is 11.2. The summed E-state index contributed by atoms with van der Waals surface area (Å²) in [6.07, 6.45) is 1.65. The molecule has 1 aromatic heterocycles. The van der Waals surface area contributed by atoms with Crippen molar-refractivity contribution in [2.45, 2.75) is 27.7 Å². The number of fused-ring (bicyclic) bond motifs is 1. The average molecular weight is 243 g/mol. The van der Waals surface area contributed by atoms with Crippen molar-refractivity contribution in [2.75, 3.05) is 0 Å². The Morgan fingerprint density at radius 3 is 2.28 bits per heavy atom. The van der Waals surface area contributed by atoms with Crippen molar-refractivity contribution < 1.29 is 9.59 Å². The van der Waals surface area contributed by atoms with Gasteiger partial charge in [0.2, 0.25) is 5.91 Å². The molecule has 0 spiro atoms. The van der Waals surface area contributed by atoms with E-state index in [0.29, 0.717) is 5.56 Å². The van der Waals surface area contributed by atoms with Gasteiger partial charge in [0, 0.05) is 22.6 Å². The van der Waals surface area contributed by atoms with Crippen LogP contribution < -0.4 is 0 Å². The van der Waals surface area contributed by atoms with Crippen LogP contribution >= 0.6 is 0 Å². The number of hydrogen-bond donors (Lipinski definition) is 0. The molecule has 2 aromatic rings. The minimum atomic E-state index is -0.476. The molecule has 0 aliphatic heterocycles. The number of para-hydroxylation sites is 1. The molecule has 0 radical (unpaired) electrons. The fourth-order valence-corrected chi connectivity index (χ4v) is 1.99. The van der Waals surface area contributed by atoms with Gasteiger partial charge in [-0.25, -0.2) is 0 Å². The van der Waals surface area contributed by atoms with Crippen molar-refractivity contribution in [1.82, 2.24) is 4.57 Å². The number of ketones is 1. The van der Waals surface area contributed by atoms with Crippen LogP contribution in [-0.4, -0.2) is 16.3 Å². The maximum atomic E-state index is 12.4. The van der Waals surface area contributed by atoms with Crippen LogP contribution in [0.25, 0.3) is 10.9 Å². The zero-order chi connectivity index (χ0) is 13.5. The largest absolute Gasteiger partial charge is 0.294 e. The number of Topliss-reactive ketones (excluding diaryl/α,β-unsaturated/α-hetero) is 1. The summed E-state index contributed by atoms with van der Waals surface area (Å²) >= 11 is 0. The van der Waals surface area contributed by atoms with E-state index in [2.05, 4.69) is 0 Å². The fraction of sp³-hybridized carbons (Fsp3) is 0.333. The molecule has 2 rings (SSSR count). The molecular formula is C15H17NO2. The number of nitrogens with zero attached hydrogens (tertiary/aromatic N) is 1. The highest BCUT2D eigenvalue weighted by Gasteiger charge is 2.25. The number of carbonyl (C=O) groups excluding carboxylic acids is 2. The van der Waals surface area contributed by atoms with Crippen molar-refractivity contribution in [1.29, 1.82) is 0 Å². The van der Waals surface area contributed by atoms with Crippen LogP contribution in [0.15, 0.2) is 30.5 Å². The second kappa shape index (κ2) is 4.09. The van der Waals surface area contributed by atoms with Gasteiger partial charge in [-0.2, -0.15) is 0 Å². The molecular weight excluding hydrogens is 226 g/mol. The van der Waals surface area contributed by atoms with Gasteiger partial charge in [-0.3, -0.25) is 14.2 Å². The predicted molar refractivity (Wildman–Crippen MR) is 72.0 cm³/mol. The SMILES string of the molecule is CC(=O)c1cn(C(=O)C(C)(C)C)c2ccccc12. The van der Waals surface area contributed by atoms with Crippen molar-refractivity contribution in [3.63, 3.8) is 0 Å². The summed E-state index contributed by atoms with van der Waals surface area (Å²) in [7, 11) is 0. The summed E-state index contributed by atoms with van der Waals surface area (Å²) in [5.41, 5.74) is 0.918. The van der Waals surface area contributed by atoms with E-state index in [1.165, 1.54) is 6.92 Å². The maximum absolute atomic E-state index is 12.4. The Balaban J connectivity index is 2.73. The molecule has 0 aliphatic rings. The second-order valence-corrected chi connectivity index (χ2v) is 5.54. The zero-order valence-electron chi connectivity index (χ0n) is 11.2. The summed E-state index contributed by atoms with van der Waals surface area (Å²) in [6, 6.07) is 7.49. The highest BCUT2D eigenvalue weighted by Crippen LogP contribution is 2.25. The summed E-state index contributed by atoms with van der Waals surface area (Å²) in [6.45, 7) is 7.14. The second-order valence-electron chi connectivity index (χ2n) is 5.54. The Kier molecular flexibility index (Phi) is 2.85. The molecule has 0 bridgehead atoms. The first kappa shape index (κ1) is 12.6. The lowest BCUT2D eigenvalue weighted by Gasteiger charge is -2.17. The molecule has 3 heteroatoms. The van der Waals surface area contributed by atoms with Crippen LogP contribution in [0.2, 0.25) is 0 Å². The summed E-state index contributed by atoms with van der Waals surface area (Å²) in [5, 5.41) is 0.836. The van der Waals surface area contributed by atoms with Gasteiger partial charge in [-0.05, 0) is 13.0 Å². The van der Waals surface area contributed by atoms with Crippen molar-refractivity contribution in [3.05, 3.63) is 36.0 Å². The van der Waals surface area contributed by atoms with E-state index in [1.807, 2.05) is 45.0 Å². The first-order chi connectivity index (χ1) is 8.32. The predicted octanol–water partition coefficient (Wildman–Crippen LogP) is 3.53. The van der Waals surface area contributed by atoms with Gasteiger partial charge in [-0.1, -0.05) is 39.0 Å². The monoisotopic (exact) mass is 243 g/mol. The molecule has 0 atom stereocenters. The molecule has 0 amide bonds. The van der Waals surface area contributed by atoms with Gasteiger partial charge in [0.25, 0.3) is 0 Å². The Labute approximate surface area is 106 Å². The molecule has 0 aliphatic carbocycles. The van der Waals surface area contributed by atoms with E-state index >= 15 is 0 Å². The first-order valence-corrected chi connectivity index (χ1v) is 5.98. The number of carbonyl (C=O) groups is 2. The van der Waals surface area contributed by atoms with Crippen LogP contribution in [0, 0.1) is 5.41 Å². The van der Waals surface area contributed by atoms with E-state index in [0.717, 1.165) is 10.9 Å². The fourth-order valence-electron chi connectivity index (χ4n) is 1.99. The molecule has 1 heterocycles. The third kappa shape index (κ3) is 1.96. The summed E-state index contributed by atoms with van der Waals surface area (Å²) in [5.74, 6) is -0.0298. The Morgan fingerprint density at radius 1 is 1.11 bits per heavy atom. The van der Waals surface area contributed by atoms with Crippen molar-refractivity contribution in [3.8, 4) is 0 Å². The van der Waals surface area contributed by atoms with Gasteiger partial charge in [-0.15, -0.1) is 0 Å². The van der Waals surface area contributed by atoms with Gasteiger partial charge < -0.3 is 0 Å². The van der Waals surface area contributed by atoms with Gasteiger partial charge in [0.1, 0.15) is 0 Å². The van der Waals surface area contributed by atoms with Gasteiger partial charge >= 0.3 is 0 Å². The quantitative estimate of drug-likeness (QED) is 0.719. The first-order valence-electron chi connectivity index (χ1n) is 5.98.